The minimum Gasteiger partial charge on any atom is -0.493 e. The van der Waals surface area contributed by atoms with Gasteiger partial charge in [0.25, 0.3) is 0 Å². The number of methoxy groups -OCH3 is 2. The summed E-state index contributed by atoms with van der Waals surface area (Å²) in [6.07, 6.45) is 0.843. The maximum Gasteiger partial charge on any atom is 0.225 e. The predicted molar refractivity (Wildman–Crippen MR) is 117 cm³/mol. The Morgan fingerprint density at radius 1 is 0.793 bits per heavy atom. The van der Waals surface area contributed by atoms with Crippen LogP contribution in [0.2, 0.25) is 0 Å². The van der Waals surface area contributed by atoms with Crippen molar-refractivity contribution >= 4 is 11.8 Å². The highest BCUT2D eigenvalue weighted by atomic mass is 16.5. The summed E-state index contributed by atoms with van der Waals surface area (Å²) in [7, 11) is 3.29. The molecular weight excluding hydrogens is 364 g/mol. The van der Waals surface area contributed by atoms with Gasteiger partial charge in [-0.25, -0.2) is 4.98 Å². The third-order valence-corrected chi connectivity index (χ3v) is 4.59. The second-order valence-corrected chi connectivity index (χ2v) is 6.92. The number of rotatable bonds is 9. The van der Waals surface area contributed by atoms with Crippen molar-refractivity contribution in [2.75, 3.05) is 31.4 Å². The van der Waals surface area contributed by atoms with Gasteiger partial charge in [0.15, 0.2) is 11.5 Å². The standard InChI is InChI=1S/C23H28N4O2/c1-16-5-7-19(8-6-16)15-25-23-26-17(2)13-22(27-23)24-12-11-18-9-10-20(28-3)21(14-18)29-4/h5-10,13-14H,11-12,15H2,1-4H3,(H2,24,25,26,27). The molecule has 2 aromatic carbocycles. The lowest BCUT2D eigenvalue weighted by Gasteiger charge is -2.12. The fraction of sp³-hybridized carbons (Fsp3) is 0.304. The number of hydrogen-bond acceptors (Lipinski definition) is 6. The molecule has 3 rings (SSSR count). The van der Waals surface area contributed by atoms with Crippen molar-refractivity contribution in [3.05, 3.63) is 70.9 Å². The molecule has 6 heteroatoms. The van der Waals surface area contributed by atoms with E-state index in [-0.39, 0.29) is 0 Å². The number of aryl methyl sites for hydroxylation is 2. The molecule has 0 unspecified atom stereocenters. The van der Waals surface area contributed by atoms with Crippen molar-refractivity contribution in [3.63, 3.8) is 0 Å². The maximum atomic E-state index is 5.37. The van der Waals surface area contributed by atoms with Crippen molar-refractivity contribution in [3.8, 4) is 11.5 Å². The summed E-state index contributed by atoms with van der Waals surface area (Å²) in [6.45, 7) is 5.50. The molecule has 0 saturated carbocycles. The Balaban J connectivity index is 1.57. The third kappa shape index (κ3) is 5.85. The first kappa shape index (κ1) is 20.5. The highest BCUT2D eigenvalue weighted by molar-refractivity contribution is 5.45. The van der Waals surface area contributed by atoms with Gasteiger partial charge in [0.2, 0.25) is 5.95 Å². The average molecular weight is 393 g/mol. The predicted octanol–water partition coefficient (Wildman–Crippen LogP) is 4.38. The van der Waals surface area contributed by atoms with E-state index < -0.39 is 0 Å². The minimum atomic E-state index is 0.624. The van der Waals surface area contributed by atoms with E-state index in [0.717, 1.165) is 36.0 Å². The highest BCUT2D eigenvalue weighted by Gasteiger charge is 2.06. The molecule has 0 amide bonds. The largest absolute Gasteiger partial charge is 0.493 e. The van der Waals surface area contributed by atoms with Gasteiger partial charge in [-0.15, -0.1) is 0 Å². The molecule has 0 saturated heterocycles. The van der Waals surface area contributed by atoms with Gasteiger partial charge in [-0.1, -0.05) is 35.9 Å². The van der Waals surface area contributed by atoms with Gasteiger partial charge in [0.05, 0.1) is 14.2 Å². The summed E-state index contributed by atoms with van der Waals surface area (Å²) in [5, 5.41) is 6.69. The summed E-state index contributed by atoms with van der Waals surface area (Å²) in [4.78, 5) is 9.06. The number of aromatic nitrogens is 2. The number of hydrogen-bond donors (Lipinski definition) is 2. The van der Waals surface area contributed by atoms with E-state index >= 15 is 0 Å². The van der Waals surface area contributed by atoms with Crippen molar-refractivity contribution in [2.45, 2.75) is 26.8 Å². The van der Waals surface area contributed by atoms with Gasteiger partial charge >= 0.3 is 0 Å². The zero-order valence-corrected chi connectivity index (χ0v) is 17.5. The van der Waals surface area contributed by atoms with Crippen molar-refractivity contribution in [1.29, 1.82) is 0 Å². The molecule has 0 radical (unpaired) electrons. The SMILES string of the molecule is COc1ccc(CCNc2cc(C)nc(NCc3ccc(C)cc3)n2)cc1OC. The number of nitrogens with one attached hydrogen (secondary N) is 2. The fourth-order valence-corrected chi connectivity index (χ4v) is 3.00. The van der Waals surface area contributed by atoms with Gasteiger partial charge in [-0.2, -0.15) is 4.98 Å². The van der Waals surface area contributed by atoms with Crippen LogP contribution < -0.4 is 20.1 Å². The smallest absolute Gasteiger partial charge is 0.225 e. The molecule has 0 bridgehead atoms. The van der Waals surface area contributed by atoms with Crippen molar-refractivity contribution in [2.24, 2.45) is 0 Å². The van der Waals surface area contributed by atoms with Crippen LogP contribution in [0.4, 0.5) is 11.8 Å². The second kappa shape index (κ2) is 9.78. The number of benzene rings is 2. The summed E-state index contributed by atoms with van der Waals surface area (Å²) in [5.41, 5.74) is 4.53. The number of nitrogens with zero attached hydrogens (tertiary/aromatic N) is 2. The number of ether oxygens (including phenoxy) is 2. The zero-order chi connectivity index (χ0) is 20.6. The molecule has 3 aromatic rings. The lowest BCUT2D eigenvalue weighted by molar-refractivity contribution is 0.354. The Bertz CT molecular complexity index is 942. The Labute approximate surface area is 172 Å². The van der Waals surface area contributed by atoms with Crippen LogP contribution in [0, 0.1) is 13.8 Å². The molecule has 0 atom stereocenters. The first-order chi connectivity index (χ1) is 14.1. The highest BCUT2D eigenvalue weighted by Crippen LogP contribution is 2.27. The summed E-state index contributed by atoms with van der Waals surface area (Å²) in [5.74, 6) is 2.91. The minimum absolute atomic E-state index is 0.624. The average Bonchev–Trinajstić information content (AvgIpc) is 2.73. The first-order valence-corrected chi connectivity index (χ1v) is 9.67. The molecule has 0 aliphatic carbocycles. The third-order valence-electron chi connectivity index (χ3n) is 4.59. The van der Waals surface area contributed by atoms with Crippen LogP contribution >= 0.6 is 0 Å². The zero-order valence-electron chi connectivity index (χ0n) is 17.5. The van der Waals surface area contributed by atoms with Gasteiger partial charge in [-0.3, -0.25) is 0 Å². The van der Waals surface area contributed by atoms with E-state index in [0.29, 0.717) is 12.5 Å². The van der Waals surface area contributed by atoms with Crippen LogP contribution in [-0.2, 0) is 13.0 Å². The number of anilines is 2. The van der Waals surface area contributed by atoms with E-state index in [2.05, 4.69) is 51.8 Å². The Hall–Kier alpha value is -3.28. The quantitative estimate of drug-likeness (QED) is 0.563. The molecule has 0 fully saturated rings. The van der Waals surface area contributed by atoms with Gasteiger partial charge in [0.1, 0.15) is 5.82 Å². The topological polar surface area (TPSA) is 68.3 Å². The van der Waals surface area contributed by atoms with Crippen molar-refractivity contribution in [1.82, 2.24) is 9.97 Å². The summed E-state index contributed by atoms with van der Waals surface area (Å²) in [6, 6.07) is 16.4. The molecule has 0 aliphatic rings. The maximum absolute atomic E-state index is 5.37. The van der Waals surface area contributed by atoms with Gasteiger partial charge in [-0.05, 0) is 43.5 Å². The van der Waals surface area contributed by atoms with Gasteiger partial charge in [0, 0.05) is 24.8 Å². The van der Waals surface area contributed by atoms with Crippen LogP contribution in [0.25, 0.3) is 0 Å². The molecule has 29 heavy (non-hydrogen) atoms. The van der Waals surface area contributed by atoms with E-state index in [4.69, 9.17) is 9.47 Å². The Morgan fingerprint density at radius 3 is 2.24 bits per heavy atom. The Morgan fingerprint density at radius 2 is 1.52 bits per heavy atom. The molecular formula is C23H28N4O2. The molecule has 0 aliphatic heterocycles. The van der Waals surface area contributed by atoms with Crippen LogP contribution in [-0.4, -0.2) is 30.7 Å². The molecule has 2 N–H and O–H groups in total. The first-order valence-electron chi connectivity index (χ1n) is 9.67. The lowest BCUT2D eigenvalue weighted by atomic mass is 10.1. The molecule has 152 valence electrons. The van der Waals surface area contributed by atoms with Crippen LogP contribution in [0.1, 0.15) is 22.4 Å². The lowest BCUT2D eigenvalue weighted by Crippen LogP contribution is -2.10. The second-order valence-electron chi connectivity index (χ2n) is 6.92. The van der Waals surface area contributed by atoms with Crippen LogP contribution in [0.15, 0.2) is 48.5 Å². The Kier molecular flexibility index (Phi) is 6.89. The molecule has 1 heterocycles. The van der Waals surface area contributed by atoms with Gasteiger partial charge < -0.3 is 20.1 Å². The molecule has 6 nitrogen and oxygen atoms in total. The van der Waals surface area contributed by atoms with E-state index in [1.807, 2.05) is 31.2 Å². The summed E-state index contributed by atoms with van der Waals surface area (Å²) < 4.78 is 10.7. The van der Waals surface area contributed by atoms with Crippen LogP contribution in [0.5, 0.6) is 11.5 Å². The normalized spacial score (nSPS) is 10.5. The molecule has 1 aromatic heterocycles. The van der Waals surface area contributed by atoms with E-state index in [1.54, 1.807) is 14.2 Å². The van der Waals surface area contributed by atoms with Crippen LogP contribution in [0.3, 0.4) is 0 Å². The molecule has 0 spiro atoms. The van der Waals surface area contributed by atoms with Crippen molar-refractivity contribution < 1.29 is 9.47 Å². The summed E-state index contributed by atoms with van der Waals surface area (Å²) >= 11 is 0. The van der Waals surface area contributed by atoms with E-state index in [9.17, 15) is 0 Å². The van der Waals surface area contributed by atoms with E-state index in [1.165, 1.54) is 16.7 Å². The fourth-order valence-electron chi connectivity index (χ4n) is 3.00. The monoisotopic (exact) mass is 392 g/mol.